The summed E-state index contributed by atoms with van der Waals surface area (Å²) in [6, 6.07) is 11.3. The van der Waals surface area contributed by atoms with Crippen LogP contribution in [0.15, 0.2) is 46.7 Å². The largest absolute Gasteiger partial charge is 0.351 e. The zero-order chi connectivity index (χ0) is 25.2. The second-order valence-corrected chi connectivity index (χ2v) is 14.6. The van der Waals surface area contributed by atoms with E-state index < -0.39 is 32.1 Å². The SMILES string of the molecule is NC1CCC(NC(=O)C2N(S(=O)(=O)Cc3ccccc3)CCCN2S(=O)(=O)c2ccc(Cl)s2)CC1. The Balaban J connectivity index is 1.68. The Hall–Kier alpha value is -1.54. The van der Waals surface area contributed by atoms with E-state index in [0.29, 0.717) is 18.4 Å². The van der Waals surface area contributed by atoms with Crippen LogP contribution in [0.5, 0.6) is 0 Å². The first-order chi connectivity index (χ1) is 16.6. The van der Waals surface area contributed by atoms with Crippen molar-refractivity contribution >= 4 is 48.9 Å². The van der Waals surface area contributed by atoms with Crippen molar-refractivity contribution in [3.63, 3.8) is 0 Å². The molecule has 2 heterocycles. The van der Waals surface area contributed by atoms with Crippen LogP contribution in [0, 0.1) is 0 Å². The first-order valence-electron chi connectivity index (χ1n) is 11.4. The maximum Gasteiger partial charge on any atom is 0.254 e. The van der Waals surface area contributed by atoms with Gasteiger partial charge in [0.2, 0.25) is 10.0 Å². The molecule has 2 aromatic rings. The van der Waals surface area contributed by atoms with Gasteiger partial charge in [-0.15, -0.1) is 11.3 Å². The van der Waals surface area contributed by atoms with Gasteiger partial charge in [0.1, 0.15) is 4.21 Å². The van der Waals surface area contributed by atoms with Gasteiger partial charge in [-0.2, -0.15) is 8.61 Å². The molecule has 192 valence electrons. The summed E-state index contributed by atoms with van der Waals surface area (Å²) in [5, 5.41) is 2.90. The lowest BCUT2D eigenvalue weighted by molar-refractivity contribution is -0.130. The molecule has 1 aromatic carbocycles. The van der Waals surface area contributed by atoms with Crippen molar-refractivity contribution in [3.05, 3.63) is 52.4 Å². The molecular formula is C22H29ClN4O5S3. The van der Waals surface area contributed by atoms with Crippen molar-refractivity contribution < 1.29 is 21.6 Å². The molecule has 2 fully saturated rings. The van der Waals surface area contributed by atoms with Crippen LogP contribution in [0.2, 0.25) is 4.34 Å². The third-order valence-corrected chi connectivity index (χ3v) is 11.7. The molecule has 35 heavy (non-hydrogen) atoms. The minimum Gasteiger partial charge on any atom is -0.351 e. The summed E-state index contributed by atoms with van der Waals surface area (Å²) in [5.74, 6) is -0.984. The lowest BCUT2D eigenvalue weighted by Gasteiger charge is -2.41. The number of nitrogens with one attached hydrogen (secondary N) is 1. The second-order valence-electron chi connectivity index (χ2n) is 8.87. The molecule has 1 aliphatic carbocycles. The highest BCUT2D eigenvalue weighted by atomic mass is 35.5. The van der Waals surface area contributed by atoms with Gasteiger partial charge in [0.25, 0.3) is 15.9 Å². The van der Waals surface area contributed by atoms with Crippen LogP contribution < -0.4 is 11.1 Å². The molecule has 1 atom stereocenters. The maximum atomic E-state index is 13.6. The Morgan fingerprint density at radius 1 is 1.00 bits per heavy atom. The Morgan fingerprint density at radius 3 is 2.29 bits per heavy atom. The normalized spacial score (nSPS) is 24.8. The highest BCUT2D eigenvalue weighted by molar-refractivity contribution is 7.91. The van der Waals surface area contributed by atoms with Crippen molar-refractivity contribution in [3.8, 4) is 0 Å². The summed E-state index contributed by atoms with van der Waals surface area (Å²) in [6.45, 7) is 0.0584. The number of nitrogens with zero attached hydrogens (tertiary/aromatic N) is 2. The fourth-order valence-electron chi connectivity index (χ4n) is 4.53. The predicted octanol–water partition coefficient (Wildman–Crippen LogP) is 2.34. The van der Waals surface area contributed by atoms with Crippen molar-refractivity contribution in [1.82, 2.24) is 13.9 Å². The van der Waals surface area contributed by atoms with Crippen LogP contribution in [0.25, 0.3) is 0 Å². The van der Waals surface area contributed by atoms with Crippen molar-refractivity contribution in [2.45, 2.75) is 60.3 Å². The van der Waals surface area contributed by atoms with Crippen LogP contribution in [-0.4, -0.2) is 62.7 Å². The van der Waals surface area contributed by atoms with Crippen molar-refractivity contribution in [2.75, 3.05) is 13.1 Å². The Labute approximate surface area is 215 Å². The smallest absolute Gasteiger partial charge is 0.254 e. The van der Waals surface area contributed by atoms with E-state index >= 15 is 0 Å². The van der Waals surface area contributed by atoms with E-state index in [-0.39, 0.29) is 45.9 Å². The molecular weight excluding hydrogens is 532 g/mol. The topological polar surface area (TPSA) is 130 Å². The molecule has 1 amide bonds. The Bertz CT molecular complexity index is 1240. The van der Waals surface area contributed by atoms with Crippen LogP contribution in [0.3, 0.4) is 0 Å². The molecule has 1 unspecified atom stereocenters. The lowest BCUT2D eigenvalue weighted by Crippen LogP contribution is -2.64. The average Bonchev–Trinajstić information content (AvgIpc) is 3.27. The van der Waals surface area contributed by atoms with Gasteiger partial charge >= 0.3 is 0 Å². The third-order valence-electron chi connectivity index (χ3n) is 6.32. The molecule has 1 aromatic heterocycles. The van der Waals surface area contributed by atoms with E-state index in [1.54, 1.807) is 30.3 Å². The van der Waals surface area contributed by atoms with E-state index in [1.165, 1.54) is 12.1 Å². The van der Waals surface area contributed by atoms with Gasteiger partial charge in [-0.1, -0.05) is 41.9 Å². The van der Waals surface area contributed by atoms with Crippen LogP contribution in [0.4, 0.5) is 0 Å². The average molecular weight is 561 g/mol. The van der Waals surface area contributed by atoms with Crippen LogP contribution in [0.1, 0.15) is 37.7 Å². The van der Waals surface area contributed by atoms with Gasteiger partial charge in [-0.25, -0.2) is 16.8 Å². The molecule has 0 radical (unpaired) electrons. The molecule has 4 rings (SSSR count). The number of hydrogen-bond donors (Lipinski definition) is 2. The second kappa shape index (κ2) is 10.8. The van der Waals surface area contributed by atoms with Crippen LogP contribution >= 0.6 is 22.9 Å². The molecule has 0 spiro atoms. The van der Waals surface area contributed by atoms with E-state index in [4.69, 9.17) is 17.3 Å². The number of carbonyl (C=O) groups is 1. The zero-order valence-electron chi connectivity index (χ0n) is 19.0. The number of carbonyl (C=O) groups excluding carboxylic acids is 1. The number of benzene rings is 1. The van der Waals surface area contributed by atoms with Gasteiger partial charge in [-0.3, -0.25) is 4.79 Å². The third kappa shape index (κ3) is 6.07. The van der Waals surface area contributed by atoms with E-state index in [1.807, 2.05) is 0 Å². The molecule has 13 heteroatoms. The number of thiophene rings is 1. The predicted molar refractivity (Wildman–Crippen MR) is 136 cm³/mol. The summed E-state index contributed by atoms with van der Waals surface area (Å²) in [5.41, 5.74) is 6.52. The lowest BCUT2D eigenvalue weighted by atomic mass is 9.92. The highest BCUT2D eigenvalue weighted by Crippen LogP contribution is 2.32. The number of rotatable bonds is 7. The summed E-state index contributed by atoms with van der Waals surface area (Å²) in [7, 11) is -8.20. The van der Waals surface area contributed by atoms with E-state index in [0.717, 1.165) is 32.8 Å². The van der Waals surface area contributed by atoms with Crippen molar-refractivity contribution in [1.29, 1.82) is 0 Å². The fourth-order valence-corrected chi connectivity index (χ4v) is 9.50. The monoisotopic (exact) mass is 560 g/mol. The van der Waals surface area contributed by atoms with Crippen molar-refractivity contribution in [2.24, 2.45) is 5.73 Å². The Morgan fingerprint density at radius 2 is 1.66 bits per heavy atom. The fraction of sp³-hybridized carbons (Fsp3) is 0.500. The van der Waals surface area contributed by atoms with Gasteiger partial charge in [0, 0.05) is 25.2 Å². The molecule has 1 saturated heterocycles. The molecule has 2 aliphatic rings. The number of amides is 1. The quantitative estimate of drug-likeness (QED) is 0.534. The minimum absolute atomic E-state index is 0.0167. The van der Waals surface area contributed by atoms with Crippen LogP contribution in [-0.2, 0) is 30.6 Å². The summed E-state index contributed by atoms with van der Waals surface area (Å²) in [4.78, 5) is 13.6. The zero-order valence-corrected chi connectivity index (χ0v) is 22.3. The summed E-state index contributed by atoms with van der Waals surface area (Å²) >= 11 is 6.85. The molecule has 0 bridgehead atoms. The van der Waals surface area contributed by atoms with Gasteiger partial charge in [0.05, 0.1) is 10.1 Å². The number of halogens is 1. The summed E-state index contributed by atoms with van der Waals surface area (Å²) < 4.78 is 56.4. The standard InChI is InChI=1S/C22H29ClN4O5S3/c23-19-11-12-20(33-19)35(31,32)27-14-4-13-26(34(29,30)15-16-5-2-1-3-6-16)22(27)21(28)25-18-9-7-17(24)8-10-18/h1-3,5-6,11-12,17-18,22H,4,7-10,13-15,24H2,(H,25,28). The number of hydrogen-bond acceptors (Lipinski definition) is 7. The molecule has 9 nitrogen and oxygen atoms in total. The number of nitrogens with two attached hydrogens (primary N) is 1. The molecule has 3 N–H and O–H groups in total. The maximum absolute atomic E-state index is 13.6. The van der Waals surface area contributed by atoms with Gasteiger partial charge < -0.3 is 11.1 Å². The van der Waals surface area contributed by atoms with E-state index in [2.05, 4.69) is 5.32 Å². The minimum atomic E-state index is -4.17. The molecule has 1 saturated carbocycles. The van der Waals surface area contributed by atoms with Gasteiger partial charge in [-0.05, 0) is 49.8 Å². The molecule has 1 aliphatic heterocycles. The summed E-state index contributed by atoms with van der Waals surface area (Å²) in [6.07, 6.45) is 1.52. The first-order valence-corrected chi connectivity index (χ1v) is 15.7. The highest BCUT2D eigenvalue weighted by Gasteiger charge is 2.47. The Kier molecular flexibility index (Phi) is 8.21. The van der Waals surface area contributed by atoms with Gasteiger partial charge in [0.15, 0.2) is 6.17 Å². The first kappa shape index (κ1) is 26.5. The number of sulfonamides is 2. The van der Waals surface area contributed by atoms with E-state index in [9.17, 15) is 21.6 Å².